The van der Waals surface area contributed by atoms with Gasteiger partial charge in [0.2, 0.25) is 0 Å². The van der Waals surface area contributed by atoms with E-state index in [2.05, 4.69) is 13.8 Å². The van der Waals surface area contributed by atoms with Crippen LogP contribution in [0.5, 0.6) is 0 Å². The Morgan fingerprint density at radius 2 is 1.15 bits per heavy atom. The normalized spacial score (nSPS) is 10.0. The molecule has 0 spiro atoms. The summed E-state index contributed by atoms with van der Waals surface area (Å²) in [7, 11) is -1.92. The molecule has 0 aromatic rings. The van der Waals surface area contributed by atoms with Gasteiger partial charge in [0, 0.05) is 0 Å². The van der Waals surface area contributed by atoms with Crippen molar-refractivity contribution < 1.29 is 4.80 Å². The number of hydrogen-bond donors (Lipinski definition) is 0. The van der Waals surface area contributed by atoms with Crippen molar-refractivity contribution in [2.24, 2.45) is 0 Å². The summed E-state index contributed by atoms with van der Waals surface area (Å²) in [5, 5.41) is 2.85. The van der Waals surface area contributed by atoms with Gasteiger partial charge in [-0.3, -0.25) is 0 Å². The summed E-state index contributed by atoms with van der Waals surface area (Å²) < 4.78 is 0. The van der Waals surface area contributed by atoms with Crippen molar-refractivity contribution in [3.8, 4) is 0 Å². The molecule has 78 valence electrons. The minimum absolute atomic E-state index is 0.815. The Morgan fingerprint density at radius 3 is 1.15 bits per heavy atom. The molecule has 0 N–H and O–H groups in total. The molecule has 0 atom stereocenters. The second kappa shape index (κ2) is 10.8. The van der Waals surface area contributed by atoms with Gasteiger partial charge in [0.05, 0.1) is 0 Å². The Labute approximate surface area is 91.8 Å². The zero-order chi connectivity index (χ0) is 10.7. The monoisotopic (exact) mass is 216 g/mol. The molecule has 0 bridgehead atoms. The summed E-state index contributed by atoms with van der Waals surface area (Å²) in [5.74, 6) is 0. The van der Waals surface area contributed by atoms with E-state index in [1.165, 1.54) is 10.6 Å². The quantitative estimate of drug-likeness (QED) is 0.648. The summed E-state index contributed by atoms with van der Waals surface area (Å²) in [6.45, 7) is 10.6. The van der Waals surface area contributed by atoms with E-state index in [9.17, 15) is 4.80 Å². The van der Waals surface area contributed by atoms with Crippen LogP contribution >= 0.6 is 0 Å². The van der Waals surface area contributed by atoms with E-state index in [4.69, 9.17) is 0 Å². The van der Waals surface area contributed by atoms with Crippen LogP contribution in [0.3, 0.4) is 0 Å². The van der Waals surface area contributed by atoms with Crippen LogP contribution in [0.25, 0.3) is 0 Å². The van der Waals surface area contributed by atoms with Crippen LogP contribution in [0, 0.1) is 0 Å². The molecule has 0 aliphatic heterocycles. The Morgan fingerprint density at radius 1 is 0.846 bits per heavy atom. The first-order chi connectivity index (χ1) is 6.10. The predicted molar refractivity (Wildman–Crippen MR) is 63.9 cm³/mol. The summed E-state index contributed by atoms with van der Waals surface area (Å²) in [6, 6.07) is 2.71. The van der Waals surface area contributed by atoms with E-state index < -0.39 is 8.32 Å². The van der Waals surface area contributed by atoms with Crippen molar-refractivity contribution >= 4 is 23.5 Å². The SMILES string of the molecule is CC[Si]([O-])(CC)CC.C[CH2][Al+][CH2]C. The fourth-order valence-corrected chi connectivity index (χ4v) is 3.12. The minimum atomic E-state index is -1.92. The van der Waals surface area contributed by atoms with Crippen LogP contribution in [0.15, 0.2) is 0 Å². The molecule has 0 radical (unpaired) electrons. The average Bonchev–Trinajstić information content (AvgIpc) is 2.19. The Hall–Kier alpha value is 0.709. The molecule has 13 heavy (non-hydrogen) atoms. The van der Waals surface area contributed by atoms with Crippen molar-refractivity contribution in [2.45, 2.75) is 63.3 Å². The molecule has 1 nitrogen and oxygen atoms in total. The van der Waals surface area contributed by atoms with Crippen LogP contribution in [0.1, 0.15) is 34.6 Å². The first kappa shape index (κ1) is 16.2. The molecule has 0 heterocycles. The number of rotatable bonds is 5. The number of hydrogen-bond acceptors (Lipinski definition) is 1. The van der Waals surface area contributed by atoms with Crippen molar-refractivity contribution in [3.63, 3.8) is 0 Å². The van der Waals surface area contributed by atoms with Crippen molar-refractivity contribution in [2.75, 3.05) is 0 Å². The summed E-state index contributed by atoms with van der Waals surface area (Å²) >= 11 is 0.815. The van der Waals surface area contributed by atoms with Gasteiger partial charge in [-0.2, -0.15) is 0 Å². The first-order valence-corrected chi connectivity index (χ1v) is 9.78. The maximum atomic E-state index is 11.3. The van der Waals surface area contributed by atoms with Crippen LogP contribution in [0.2, 0.25) is 28.7 Å². The maximum absolute atomic E-state index is 11.3. The Bertz CT molecular complexity index is 84.7. The third-order valence-electron chi connectivity index (χ3n) is 2.51. The molecule has 0 aliphatic rings. The first-order valence-electron chi connectivity index (χ1n) is 5.62. The molecule has 0 saturated heterocycles. The third kappa shape index (κ3) is 10.6. The third-order valence-corrected chi connectivity index (χ3v) is 7.53. The van der Waals surface area contributed by atoms with Crippen molar-refractivity contribution in [1.82, 2.24) is 0 Å². The van der Waals surface area contributed by atoms with Gasteiger partial charge in [-0.25, -0.2) is 0 Å². The molecule has 0 aromatic heterocycles. The standard InChI is InChI=1S/C6H15OSi.2C2H5.Al/c1-4-8(7,5-2)6-3;2*1-2;/h4-6H2,1-3H3;2*1H2,2H3;/q-1;;;+1. The van der Waals surface area contributed by atoms with Crippen LogP contribution < -0.4 is 4.80 Å². The summed E-state index contributed by atoms with van der Waals surface area (Å²) in [4.78, 5) is 11.3. The van der Waals surface area contributed by atoms with Crippen molar-refractivity contribution in [1.29, 1.82) is 0 Å². The average molecular weight is 216 g/mol. The zero-order valence-electron chi connectivity index (χ0n) is 10.0. The van der Waals surface area contributed by atoms with Gasteiger partial charge in [-0.05, 0) is 8.32 Å². The molecule has 0 fully saturated rings. The van der Waals surface area contributed by atoms with Crippen molar-refractivity contribution in [3.05, 3.63) is 0 Å². The van der Waals surface area contributed by atoms with E-state index in [0.717, 1.165) is 33.4 Å². The van der Waals surface area contributed by atoms with Crippen LogP contribution in [-0.4, -0.2) is 23.5 Å². The van der Waals surface area contributed by atoms with Gasteiger partial charge in [-0.15, -0.1) is 0 Å². The van der Waals surface area contributed by atoms with Gasteiger partial charge < -0.3 is 4.80 Å². The molecule has 0 aromatic carbocycles. The van der Waals surface area contributed by atoms with Gasteiger partial charge in [-0.1, -0.05) is 38.9 Å². The molecule has 0 rings (SSSR count). The summed E-state index contributed by atoms with van der Waals surface area (Å²) in [5.41, 5.74) is 0. The molecular weight excluding hydrogens is 191 g/mol. The second-order valence-corrected chi connectivity index (χ2v) is 10.0. The van der Waals surface area contributed by atoms with Gasteiger partial charge in [0.1, 0.15) is 0 Å². The van der Waals surface area contributed by atoms with Gasteiger partial charge in [0.15, 0.2) is 0 Å². The molecule has 0 saturated carbocycles. The second-order valence-electron chi connectivity index (χ2n) is 3.35. The molecule has 3 heteroatoms. The van der Waals surface area contributed by atoms with Gasteiger partial charge >= 0.3 is 39.6 Å². The molecule has 0 aliphatic carbocycles. The fraction of sp³-hybridized carbons (Fsp3) is 1.00. The van der Waals surface area contributed by atoms with Gasteiger partial charge in [0.25, 0.3) is 0 Å². The Kier molecular flexibility index (Phi) is 13.4. The van der Waals surface area contributed by atoms with E-state index in [-0.39, 0.29) is 0 Å². The summed E-state index contributed by atoms with van der Waals surface area (Å²) in [6.07, 6.45) is 0. The topological polar surface area (TPSA) is 23.1 Å². The molecule has 0 amide bonds. The molecule has 0 unspecified atom stereocenters. The van der Waals surface area contributed by atoms with E-state index in [1.807, 2.05) is 20.8 Å². The van der Waals surface area contributed by atoms with E-state index >= 15 is 0 Å². The van der Waals surface area contributed by atoms with E-state index in [0.29, 0.717) is 0 Å². The van der Waals surface area contributed by atoms with Crippen LogP contribution in [-0.2, 0) is 0 Å². The Balaban J connectivity index is 0. The fourth-order valence-electron chi connectivity index (χ4n) is 1.04. The predicted octanol–water partition coefficient (Wildman–Crippen LogP) is 2.92. The van der Waals surface area contributed by atoms with E-state index in [1.54, 1.807) is 0 Å². The zero-order valence-corrected chi connectivity index (χ0v) is 12.2. The van der Waals surface area contributed by atoms with Crippen LogP contribution in [0.4, 0.5) is 0 Å². The molecular formula is C10H25AlOSi.